The van der Waals surface area contributed by atoms with Gasteiger partial charge < -0.3 is 5.73 Å². The van der Waals surface area contributed by atoms with Crippen LogP contribution < -0.4 is 5.73 Å². The Morgan fingerprint density at radius 3 is 2.58 bits per heavy atom. The van der Waals surface area contributed by atoms with Gasteiger partial charge in [-0.2, -0.15) is 0 Å². The predicted octanol–water partition coefficient (Wildman–Crippen LogP) is 3.82. The first kappa shape index (κ1) is 13.9. The third-order valence-corrected chi connectivity index (χ3v) is 3.38. The Balaban J connectivity index is 2.34. The highest BCUT2D eigenvalue weighted by molar-refractivity contribution is 6.30. The molecule has 5 heteroatoms. The molecule has 0 aliphatic heterocycles. The molecule has 2 atom stereocenters. The minimum Gasteiger partial charge on any atom is -0.323 e. The van der Waals surface area contributed by atoms with Crippen LogP contribution in [0, 0.1) is 11.6 Å². The van der Waals surface area contributed by atoms with E-state index < -0.39 is 17.7 Å². The summed E-state index contributed by atoms with van der Waals surface area (Å²) in [7, 11) is 0. The van der Waals surface area contributed by atoms with Gasteiger partial charge in [0.2, 0.25) is 0 Å². The summed E-state index contributed by atoms with van der Waals surface area (Å²) in [6.45, 7) is 1.82. The molecule has 0 aliphatic rings. The van der Waals surface area contributed by atoms with Crippen LogP contribution in [0.2, 0.25) is 5.02 Å². The lowest BCUT2D eigenvalue weighted by molar-refractivity contribution is 0.522. The highest BCUT2D eigenvalue weighted by atomic mass is 35.5. The number of halogens is 3. The lowest BCUT2D eigenvalue weighted by Gasteiger charge is -2.20. The molecule has 0 bridgehead atoms. The number of nitrogens with two attached hydrogens (primary N) is 1. The zero-order chi connectivity index (χ0) is 14.0. The van der Waals surface area contributed by atoms with E-state index in [0.717, 1.165) is 17.8 Å². The standard InChI is InChI=1S/C14H13ClF2N2/c1-8(13-4-2-3-5-19-13)14(18)9-6-12(17)10(15)7-11(9)16/h2-8,14H,18H2,1H3. The predicted molar refractivity (Wildman–Crippen MR) is 70.9 cm³/mol. The summed E-state index contributed by atoms with van der Waals surface area (Å²) >= 11 is 5.52. The number of hydrogen-bond acceptors (Lipinski definition) is 2. The van der Waals surface area contributed by atoms with Gasteiger partial charge in [0, 0.05) is 29.4 Å². The second-order valence-corrected chi connectivity index (χ2v) is 4.76. The Kier molecular flexibility index (Phi) is 4.12. The highest BCUT2D eigenvalue weighted by Gasteiger charge is 2.22. The summed E-state index contributed by atoms with van der Waals surface area (Å²) in [5.74, 6) is -1.53. The van der Waals surface area contributed by atoms with Gasteiger partial charge in [-0.1, -0.05) is 24.6 Å². The molecule has 1 aromatic carbocycles. The lowest BCUT2D eigenvalue weighted by Crippen LogP contribution is -2.20. The van der Waals surface area contributed by atoms with Crippen molar-refractivity contribution in [3.63, 3.8) is 0 Å². The van der Waals surface area contributed by atoms with Crippen molar-refractivity contribution in [1.29, 1.82) is 0 Å². The molecule has 2 aromatic rings. The van der Waals surface area contributed by atoms with E-state index in [1.54, 1.807) is 18.3 Å². The molecule has 0 radical (unpaired) electrons. The van der Waals surface area contributed by atoms with Crippen molar-refractivity contribution in [3.05, 3.63) is 64.4 Å². The average molecular weight is 283 g/mol. The van der Waals surface area contributed by atoms with Crippen LogP contribution in [0.4, 0.5) is 8.78 Å². The van der Waals surface area contributed by atoms with E-state index in [4.69, 9.17) is 17.3 Å². The number of rotatable bonds is 3. The third-order valence-electron chi connectivity index (χ3n) is 3.09. The van der Waals surface area contributed by atoms with Gasteiger partial charge in [0.05, 0.1) is 5.02 Å². The van der Waals surface area contributed by atoms with Crippen LogP contribution >= 0.6 is 11.6 Å². The molecule has 0 spiro atoms. The van der Waals surface area contributed by atoms with Gasteiger partial charge in [0.15, 0.2) is 0 Å². The van der Waals surface area contributed by atoms with E-state index >= 15 is 0 Å². The Labute approximate surface area is 115 Å². The van der Waals surface area contributed by atoms with Gasteiger partial charge in [0.1, 0.15) is 11.6 Å². The van der Waals surface area contributed by atoms with Crippen LogP contribution in [0.3, 0.4) is 0 Å². The van der Waals surface area contributed by atoms with Gasteiger partial charge in [0.25, 0.3) is 0 Å². The molecule has 100 valence electrons. The summed E-state index contributed by atoms with van der Waals surface area (Å²) in [5.41, 5.74) is 6.82. The maximum absolute atomic E-state index is 13.8. The van der Waals surface area contributed by atoms with E-state index in [1.165, 1.54) is 0 Å². The molecule has 19 heavy (non-hydrogen) atoms. The zero-order valence-corrected chi connectivity index (χ0v) is 11.0. The quantitative estimate of drug-likeness (QED) is 0.869. The monoisotopic (exact) mass is 282 g/mol. The zero-order valence-electron chi connectivity index (χ0n) is 10.3. The molecule has 2 nitrogen and oxygen atoms in total. The van der Waals surface area contributed by atoms with Crippen molar-refractivity contribution in [3.8, 4) is 0 Å². The second-order valence-electron chi connectivity index (χ2n) is 4.36. The van der Waals surface area contributed by atoms with Crippen LogP contribution in [0.25, 0.3) is 0 Å². The Hall–Kier alpha value is -1.52. The summed E-state index contributed by atoms with van der Waals surface area (Å²) < 4.78 is 27.2. The van der Waals surface area contributed by atoms with Crippen LogP contribution in [-0.2, 0) is 0 Å². The van der Waals surface area contributed by atoms with Gasteiger partial charge in [-0.3, -0.25) is 4.98 Å². The van der Waals surface area contributed by atoms with Crippen LogP contribution in [0.15, 0.2) is 36.5 Å². The van der Waals surface area contributed by atoms with Crippen molar-refractivity contribution in [2.75, 3.05) is 0 Å². The fourth-order valence-electron chi connectivity index (χ4n) is 1.89. The van der Waals surface area contributed by atoms with Crippen molar-refractivity contribution >= 4 is 11.6 Å². The summed E-state index contributed by atoms with van der Waals surface area (Å²) in [6.07, 6.45) is 1.64. The van der Waals surface area contributed by atoms with E-state index in [0.29, 0.717) is 0 Å². The van der Waals surface area contributed by atoms with Crippen molar-refractivity contribution in [2.24, 2.45) is 5.73 Å². The lowest BCUT2D eigenvalue weighted by atomic mass is 9.92. The normalized spacial score (nSPS) is 14.2. The molecule has 0 saturated carbocycles. The molecule has 2 unspecified atom stereocenters. The largest absolute Gasteiger partial charge is 0.323 e. The molecule has 0 amide bonds. The highest BCUT2D eigenvalue weighted by Crippen LogP contribution is 2.31. The van der Waals surface area contributed by atoms with Crippen LogP contribution in [0.1, 0.15) is 30.1 Å². The SMILES string of the molecule is CC(c1ccccn1)C(N)c1cc(F)c(Cl)cc1F. The average Bonchev–Trinajstić information content (AvgIpc) is 2.42. The van der Waals surface area contributed by atoms with Crippen LogP contribution in [-0.4, -0.2) is 4.98 Å². The fraction of sp³-hybridized carbons (Fsp3) is 0.214. The summed E-state index contributed by atoms with van der Waals surface area (Å²) in [4.78, 5) is 4.17. The Morgan fingerprint density at radius 2 is 1.95 bits per heavy atom. The smallest absolute Gasteiger partial charge is 0.142 e. The summed E-state index contributed by atoms with van der Waals surface area (Å²) in [5, 5.41) is -0.251. The number of aromatic nitrogens is 1. The topological polar surface area (TPSA) is 38.9 Å². The minimum atomic E-state index is -0.693. The van der Waals surface area contributed by atoms with E-state index in [-0.39, 0.29) is 16.5 Å². The molecule has 1 aromatic heterocycles. The minimum absolute atomic E-state index is 0.0973. The van der Waals surface area contributed by atoms with Gasteiger partial charge >= 0.3 is 0 Å². The maximum atomic E-state index is 13.8. The molecular weight excluding hydrogens is 270 g/mol. The maximum Gasteiger partial charge on any atom is 0.142 e. The first-order chi connectivity index (χ1) is 9.00. The molecule has 1 heterocycles. The first-order valence-electron chi connectivity index (χ1n) is 5.81. The summed E-state index contributed by atoms with van der Waals surface area (Å²) in [6, 6.07) is 6.70. The molecule has 0 saturated heterocycles. The van der Waals surface area contributed by atoms with Crippen molar-refractivity contribution in [2.45, 2.75) is 18.9 Å². The van der Waals surface area contributed by atoms with Crippen molar-refractivity contribution in [1.82, 2.24) is 4.98 Å². The van der Waals surface area contributed by atoms with Crippen molar-refractivity contribution < 1.29 is 8.78 Å². The number of hydrogen-bond donors (Lipinski definition) is 1. The molecule has 0 aliphatic carbocycles. The first-order valence-corrected chi connectivity index (χ1v) is 6.19. The van der Waals surface area contributed by atoms with E-state index in [2.05, 4.69) is 4.98 Å². The Bertz CT molecular complexity index is 575. The van der Waals surface area contributed by atoms with E-state index in [1.807, 2.05) is 13.0 Å². The second kappa shape index (κ2) is 5.63. The number of benzene rings is 1. The number of pyridine rings is 1. The fourth-order valence-corrected chi connectivity index (χ4v) is 2.04. The molecule has 0 fully saturated rings. The number of nitrogens with zero attached hydrogens (tertiary/aromatic N) is 1. The molecule has 2 rings (SSSR count). The van der Waals surface area contributed by atoms with Crippen LogP contribution in [0.5, 0.6) is 0 Å². The molecule has 2 N–H and O–H groups in total. The Morgan fingerprint density at radius 1 is 1.21 bits per heavy atom. The molecular formula is C14H13ClF2N2. The van der Waals surface area contributed by atoms with Gasteiger partial charge in [-0.15, -0.1) is 0 Å². The third kappa shape index (κ3) is 2.91. The van der Waals surface area contributed by atoms with Gasteiger partial charge in [-0.25, -0.2) is 8.78 Å². The van der Waals surface area contributed by atoms with E-state index in [9.17, 15) is 8.78 Å². The van der Waals surface area contributed by atoms with Gasteiger partial charge in [-0.05, 0) is 24.3 Å².